The largest absolute Gasteiger partial charge is 0.496 e. The molecule has 31 heavy (non-hydrogen) atoms. The molecule has 0 aliphatic heterocycles. The maximum absolute atomic E-state index is 14.5. The van der Waals surface area contributed by atoms with Gasteiger partial charge < -0.3 is 25.4 Å². The summed E-state index contributed by atoms with van der Waals surface area (Å²) < 4.78 is 25.7. The molecule has 1 fully saturated rings. The minimum absolute atomic E-state index is 0.0525. The summed E-state index contributed by atoms with van der Waals surface area (Å²) in [4.78, 5) is 28.3. The molecule has 4 rings (SSSR count). The Morgan fingerprint density at radius 3 is 2.61 bits per heavy atom. The van der Waals surface area contributed by atoms with Crippen LogP contribution in [0.4, 0.5) is 14.9 Å². The number of rotatable bonds is 6. The molecular weight excluding hydrogens is 403 g/mol. The third kappa shape index (κ3) is 4.50. The smallest absolute Gasteiger partial charge is 0.319 e. The van der Waals surface area contributed by atoms with Crippen LogP contribution in [0, 0.1) is 5.82 Å². The Morgan fingerprint density at radius 2 is 1.94 bits per heavy atom. The zero-order valence-corrected chi connectivity index (χ0v) is 17.0. The number of aromatic nitrogens is 1. The van der Waals surface area contributed by atoms with Gasteiger partial charge in [0.2, 0.25) is 0 Å². The molecule has 1 aliphatic rings. The number of benzene rings is 2. The van der Waals surface area contributed by atoms with Crippen molar-refractivity contribution in [2.45, 2.75) is 18.9 Å². The predicted octanol–water partition coefficient (Wildman–Crippen LogP) is 3.82. The molecule has 0 spiro atoms. The van der Waals surface area contributed by atoms with Crippen LogP contribution >= 0.6 is 0 Å². The van der Waals surface area contributed by atoms with Gasteiger partial charge in [0.05, 0.1) is 23.9 Å². The number of fused-ring (bicyclic) bond motifs is 1. The third-order valence-electron chi connectivity index (χ3n) is 4.82. The summed E-state index contributed by atoms with van der Waals surface area (Å²) in [6.45, 7) is 0. The first-order valence-corrected chi connectivity index (χ1v) is 9.72. The summed E-state index contributed by atoms with van der Waals surface area (Å²) in [5.41, 5.74) is 0.928. The number of nitrogens with one attached hydrogen (secondary N) is 3. The van der Waals surface area contributed by atoms with Gasteiger partial charge in [0.15, 0.2) is 0 Å². The van der Waals surface area contributed by atoms with Crippen LogP contribution in [0.25, 0.3) is 10.9 Å². The molecule has 3 amide bonds. The van der Waals surface area contributed by atoms with E-state index in [1.807, 2.05) is 0 Å². The maximum atomic E-state index is 14.5. The fourth-order valence-corrected chi connectivity index (χ4v) is 3.08. The van der Waals surface area contributed by atoms with Crippen molar-refractivity contribution < 1.29 is 23.5 Å². The Balaban J connectivity index is 1.61. The predicted molar refractivity (Wildman–Crippen MR) is 113 cm³/mol. The van der Waals surface area contributed by atoms with Crippen molar-refractivity contribution in [2.75, 3.05) is 19.5 Å². The Bertz CT molecular complexity index is 1160. The highest BCUT2D eigenvalue weighted by molar-refractivity contribution is 6.02. The van der Waals surface area contributed by atoms with Gasteiger partial charge in [0.1, 0.15) is 23.1 Å². The molecule has 0 radical (unpaired) electrons. The third-order valence-corrected chi connectivity index (χ3v) is 4.82. The Kier molecular flexibility index (Phi) is 5.57. The number of amides is 3. The zero-order valence-electron chi connectivity index (χ0n) is 17.0. The number of ether oxygens (including phenoxy) is 2. The molecule has 3 N–H and O–H groups in total. The minimum atomic E-state index is -0.630. The van der Waals surface area contributed by atoms with Crippen molar-refractivity contribution in [3.8, 4) is 17.2 Å². The number of hydrogen-bond donors (Lipinski definition) is 3. The number of urea groups is 1. The van der Waals surface area contributed by atoms with E-state index in [2.05, 4.69) is 20.9 Å². The van der Waals surface area contributed by atoms with E-state index in [1.165, 1.54) is 26.3 Å². The van der Waals surface area contributed by atoms with Gasteiger partial charge in [-0.2, -0.15) is 0 Å². The highest BCUT2D eigenvalue weighted by Crippen LogP contribution is 2.34. The molecule has 9 heteroatoms. The van der Waals surface area contributed by atoms with Crippen LogP contribution in [0.15, 0.2) is 42.6 Å². The van der Waals surface area contributed by atoms with Gasteiger partial charge in [-0.3, -0.25) is 9.78 Å². The van der Waals surface area contributed by atoms with Gasteiger partial charge >= 0.3 is 6.03 Å². The molecule has 0 bridgehead atoms. The quantitative estimate of drug-likeness (QED) is 0.558. The number of methoxy groups -OCH3 is 1. The van der Waals surface area contributed by atoms with Crippen molar-refractivity contribution in [3.63, 3.8) is 0 Å². The van der Waals surface area contributed by atoms with Crippen molar-refractivity contribution in [1.29, 1.82) is 0 Å². The number of carbonyl (C=O) groups excluding carboxylic acids is 2. The number of anilines is 1. The standard InChI is InChI=1S/C22H21FN4O4/c1-24-21(28)15-10-14-18(11-20(15)30-2)25-8-7-19(14)31-13-5-6-17(16(23)9-13)27-22(29)26-12-3-4-12/h5-12H,3-4H2,1-2H3,(H,24,28)(H2,26,27,29). The molecule has 0 atom stereocenters. The monoisotopic (exact) mass is 424 g/mol. The van der Waals surface area contributed by atoms with Gasteiger partial charge in [0.25, 0.3) is 5.91 Å². The van der Waals surface area contributed by atoms with Crippen LogP contribution in [0.2, 0.25) is 0 Å². The second-order valence-corrected chi connectivity index (χ2v) is 7.07. The minimum Gasteiger partial charge on any atom is -0.496 e. The lowest BCUT2D eigenvalue weighted by Crippen LogP contribution is -2.30. The van der Waals surface area contributed by atoms with E-state index in [1.54, 1.807) is 30.5 Å². The van der Waals surface area contributed by atoms with E-state index in [4.69, 9.17) is 9.47 Å². The van der Waals surface area contributed by atoms with Crippen molar-refractivity contribution in [3.05, 3.63) is 54.0 Å². The summed E-state index contributed by atoms with van der Waals surface area (Å²) in [6, 6.07) is 8.76. The van der Waals surface area contributed by atoms with Crippen LogP contribution in [-0.4, -0.2) is 37.1 Å². The molecular formula is C22H21FN4O4. The summed E-state index contributed by atoms with van der Waals surface area (Å²) in [5, 5.41) is 8.36. The summed E-state index contributed by atoms with van der Waals surface area (Å²) in [5.74, 6) is 0.0522. The lowest BCUT2D eigenvalue weighted by Gasteiger charge is -2.13. The highest BCUT2D eigenvalue weighted by atomic mass is 19.1. The first-order chi connectivity index (χ1) is 15.0. The fourth-order valence-electron chi connectivity index (χ4n) is 3.08. The van der Waals surface area contributed by atoms with Crippen molar-refractivity contribution >= 4 is 28.5 Å². The van der Waals surface area contributed by atoms with E-state index in [9.17, 15) is 14.0 Å². The lowest BCUT2D eigenvalue weighted by atomic mass is 10.1. The van der Waals surface area contributed by atoms with E-state index in [0.717, 1.165) is 12.8 Å². The van der Waals surface area contributed by atoms with Crippen LogP contribution in [-0.2, 0) is 0 Å². The van der Waals surface area contributed by atoms with Gasteiger partial charge in [-0.15, -0.1) is 0 Å². The molecule has 1 aromatic heterocycles. The van der Waals surface area contributed by atoms with Gasteiger partial charge in [0, 0.05) is 36.8 Å². The first-order valence-electron chi connectivity index (χ1n) is 9.72. The number of carbonyl (C=O) groups is 2. The average molecular weight is 424 g/mol. The van der Waals surface area contributed by atoms with E-state index in [-0.39, 0.29) is 23.4 Å². The summed E-state index contributed by atoms with van der Waals surface area (Å²) >= 11 is 0. The Labute approximate surface area is 177 Å². The number of halogens is 1. The molecule has 1 saturated carbocycles. The van der Waals surface area contributed by atoms with Crippen LogP contribution in [0.3, 0.4) is 0 Å². The lowest BCUT2D eigenvalue weighted by molar-refractivity contribution is 0.0960. The van der Waals surface area contributed by atoms with Crippen LogP contribution in [0.1, 0.15) is 23.2 Å². The molecule has 3 aromatic rings. The molecule has 1 aliphatic carbocycles. The Morgan fingerprint density at radius 1 is 1.13 bits per heavy atom. The number of pyridine rings is 1. The Hall–Kier alpha value is -3.88. The fraction of sp³-hybridized carbons (Fsp3) is 0.227. The highest BCUT2D eigenvalue weighted by Gasteiger charge is 2.23. The van der Waals surface area contributed by atoms with Crippen molar-refractivity contribution in [2.24, 2.45) is 0 Å². The van der Waals surface area contributed by atoms with E-state index >= 15 is 0 Å². The molecule has 2 aromatic carbocycles. The topological polar surface area (TPSA) is 102 Å². The number of nitrogens with zero attached hydrogens (tertiary/aromatic N) is 1. The van der Waals surface area contributed by atoms with Gasteiger partial charge in [-0.25, -0.2) is 9.18 Å². The van der Waals surface area contributed by atoms with Crippen molar-refractivity contribution in [1.82, 2.24) is 15.6 Å². The second-order valence-electron chi connectivity index (χ2n) is 7.07. The SMILES string of the molecule is CNC(=O)c1cc2c(Oc3ccc(NC(=O)NC4CC4)c(F)c3)ccnc2cc1OC. The van der Waals surface area contributed by atoms with Crippen LogP contribution < -0.4 is 25.4 Å². The molecule has 0 unspecified atom stereocenters. The maximum Gasteiger partial charge on any atom is 0.319 e. The van der Waals surface area contributed by atoms with E-state index < -0.39 is 11.8 Å². The summed E-state index contributed by atoms with van der Waals surface area (Å²) in [7, 11) is 2.99. The normalized spacial score (nSPS) is 12.9. The number of hydrogen-bond acceptors (Lipinski definition) is 5. The second kappa shape index (κ2) is 8.47. The van der Waals surface area contributed by atoms with Crippen LogP contribution in [0.5, 0.6) is 17.2 Å². The molecule has 160 valence electrons. The molecule has 8 nitrogen and oxygen atoms in total. The van der Waals surface area contributed by atoms with E-state index in [0.29, 0.717) is 28.0 Å². The molecule has 0 saturated heterocycles. The molecule has 1 heterocycles. The van der Waals surface area contributed by atoms with Gasteiger partial charge in [-0.1, -0.05) is 0 Å². The zero-order chi connectivity index (χ0) is 22.0. The first kappa shape index (κ1) is 20.4. The summed E-state index contributed by atoms with van der Waals surface area (Å²) in [6.07, 6.45) is 3.43. The van der Waals surface area contributed by atoms with Gasteiger partial charge in [-0.05, 0) is 37.1 Å². The average Bonchev–Trinajstić information content (AvgIpc) is 3.58.